The molecule has 130 valence electrons. The molecule has 2 N–H and O–H groups in total. The van der Waals surface area contributed by atoms with Gasteiger partial charge in [0.1, 0.15) is 11.6 Å². The zero-order valence-corrected chi connectivity index (χ0v) is 14.5. The number of rotatable bonds is 4. The number of H-pyrrole nitrogens is 1. The van der Waals surface area contributed by atoms with E-state index in [0.717, 1.165) is 5.69 Å². The van der Waals surface area contributed by atoms with Gasteiger partial charge in [-0.1, -0.05) is 19.9 Å². The van der Waals surface area contributed by atoms with Crippen molar-refractivity contribution in [3.63, 3.8) is 0 Å². The number of hydrogen-bond donors (Lipinski definition) is 2. The first-order valence-electron chi connectivity index (χ1n) is 7.92. The molecule has 7 nitrogen and oxygen atoms in total. The number of aryl methyl sites for hydroxylation is 2. The van der Waals surface area contributed by atoms with Crippen molar-refractivity contribution < 1.29 is 9.18 Å². The smallest absolute Gasteiger partial charge is 0.295 e. The second-order valence-corrected chi connectivity index (χ2v) is 6.10. The molecule has 2 aromatic heterocycles. The van der Waals surface area contributed by atoms with Gasteiger partial charge in [-0.15, -0.1) is 5.10 Å². The lowest BCUT2D eigenvalue weighted by Gasteiger charge is -2.07. The Bertz CT molecular complexity index is 908. The molecule has 0 radical (unpaired) electrons. The van der Waals surface area contributed by atoms with Crippen molar-refractivity contribution in [3.05, 3.63) is 53.1 Å². The zero-order valence-electron chi connectivity index (χ0n) is 14.5. The van der Waals surface area contributed by atoms with Crippen LogP contribution >= 0.6 is 0 Å². The lowest BCUT2D eigenvalue weighted by Crippen LogP contribution is -2.15. The standard InChI is InChI=1S/C17H19FN6O/c1-9(2)16-20-15(17(25)19-14-10(3)21-22-11(14)4)23-24(16)13-7-5-6-12(18)8-13/h5-9H,1-4H3,(H,19,25)(H,21,22). The van der Waals surface area contributed by atoms with Crippen molar-refractivity contribution in [1.82, 2.24) is 25.0 Å². The van der Waals surface area contributed by atoms with Gasteiger partial charge < -0.3 is 5.32 Å². The highest BCUT2D eigenvalue weighted by molar-refractivity contribution is 6.02. The highest BCUT2D eigenvalue weighted by atomic mass is 19.1. The maximum absolute atomic E-state index is 13.5. The first kappa shape index (κ1) is 16.8. The molecule has 0 aliphatic heterocycles. The summed E-state index contributed by atoms with van der Waals surface area (Å²) < 4.78 is 15.0. The number of halogens is 1. The van der Waals surface area contributed by atoms with Gasteiger partial charge in [-0.3, -0.25) is 9.89 Å². The average Bonchev–Trinajstić information content (AvgIpc) is 3.14. The fourth-order valence-electron chi connectivity index (χ4n) is 2.50. The number of hydrogen-bond acceptors (Lipinski definition) is 4. The summed E-state index contributed by atoms with van der Waals surface area (Å²) in [4.78, 5) is 16.9. The van der Waals surface area contributed by atoms with Gasteiger partial charge >= 0.3 is 0 Å². The summed E-state index contributed by atoms with van der Waals surface area (Å²) in [7, 11) is 0. The molecular weight excluding hydrogens is 323 g/mol. The third-order valence-corrected chi connectivity index (χ3v) is 3.77. The van der Waals surface area contributed by atoms with Crippen LogP contribution in [-0.2, 0) is 0 Å². The molecular formula is C17H19FN6O. The maximum Gasteiger partial charge on any atom is 0.295 e. The van der Waals surface area contributed by atoms with E-state index in [1.54, 1.807) is 19.1 Å². The quantitative estimate of drug-likeness (QED) is 0.762. The Morgan fingerprint density at radius 2 is 2.08 bits per heavy atom. The van der Waals surface area contributed by atoms with Crippen LogP contribution in [0.4, 0.5) is 10.1 Å². The Morgan fingerprint density at radius 3 is 2.68 bits per heavy atom. The van der Waals surface area contributed by atoms with Gasteiger partial charge in [0.25, 0.3) is 5.91 Å². The minimum atomic E-state index is -0.440. The first-order valence-corrected chi connectivity index (χ1v) is 7.92. The minimum Gasteiger partial charge on any atom is -0.316 e. The third kappa shape index (κ3) is 3.28. The zero-order chi connectivity index (χ0) is 18.1. The second kappa shape index (κ2) is 6.46. The number of aromatic amines is 1. The highest BCUT2D eigenvalue weighted by Gasteiger charge is 2.21. The van der Waals surface area contributed by atoms with E-state index in [1.165, 1.54) is 16.8 Å². The van der Waals surface area contributed by atoms with E-state index < -0.39 is 5.91 Å². The van der Waals surface area contributed by atoms with Crippen molar-refractivity contribution in [2.24, 2.45) is 0 Å². The number of benzene rings is 1. The van der Waals surface area contributed by atoms with Gasteiger partial charge in [-0.2, -0.15) is 5.10 Å². The number of nitrogens with one attached hydrogen (secondary N) is 2. The van der Waals surface area contributed by atoms with Crippen molar-refractivity contribution in [3.8, 4) is 5.69 Å². The minimum absolute atomic E-state index is 0.00900. The van der Waals surface area contributed by atoms with Gasteiger partial charge in [0.2, 0.25) is 5.82 Å². The Morgan fingerprint density at radius 1 is 1.32 bits per heavy atom. The number of anilines is 1. The molecule has 2 heterocycles. The summed E-state index contributed by atoms with van der Waals surface area (Å²) in [6.07, 6.45) is 0. The van der Waals surface area contributed by atoms with Crippen LogP contribution in [0.15, 0.2) is 24.3 Å². The molecule has 3 aromatic rings. The van der Waals surface area contributed by atoms with Crippen LogP contribution in [0.25, 0.3) is 5.69 Å². The molecule has 0 unspecified atom stereocenters. The second-order valence-electron chi connectivity index (χ2n) is 6.10. The monoisotopic (exact) mass is 342 g/mol. The Labute approximate surface area is 144 Å². The molecule has 0 bridgehead atoms. The molecule has 25 heavy (non-hydrogen) atoms. The summed E-state index contributed by atoms with van der Waals surface area (Å²) in [5.74, 6) is -0.206. The fraction of sp³-hybridized carbons (Fsp3) is 0.294. The number of nitrogens with zero attached hydrogens (tertiary/aromatic N) is 4. The number of amides is 1. The number of carbonyl (C=O) groups excluding carboxylic acids is 1. The fourth-order valence-corrected chi connectivity index (χ4v) is 2.50. The van der Waals surface area contributed by atoms with E-state index in [4.69, 9.17) is 0 Å². The lowest BCUT2D eigenvalue weighted by atomic mass is 10.2. The predicted molar refractivity (Wildman–Crippen MR) is 91.4 cm³/mol. The topological polar surface area (TPSA) is 88.5 Å². The van der Waals surface area contributed by atoms with Gasteiger partial charge in [-0.25, -0.2) is 14.1 Å². The number of aromatic nitrogens is 5. The van der Waals surface area contributed by atoms with Crippen LogP contribution < -0.4 is 5.32 Å². The molecule has 0 saturated carbocycles. The molecule has 8 heteroatoms. The molecule has 0 saturated heterocycles. The molecule has 0 atom stereocenters. The van der Waals surface area contributed by atoms with Crippen LogP contribution in [0.1, 0.15) is 47.6 Å². The Balaban J connectivity index is 1.98. The van der Waals surface area contributed by atoms with E-state index in [1.807, 2.05) is 20.8 Å². The van der Waals surface area contributed by atoms with Gasteiger partial charge in [0.05, 0.1) is 22.8 Å². The molecule has 0 aliphatic carbocycles. The Hall–Kier alpha value is -3.03. The summed E-state index contributed by atoms with van der Waals surface area (Å²) in [6.45, 7) is 7.48. The summed E-state index contributed by atoms with van der Waals surface area (Å²) >= 11 is 0. The predicted octanol–water partition coefficient (Wildman–Crippen LogP) is 3.12. The molecule has 0 aliphatic rings. The van der Waals surface area contributed by atoms with Crippen LogP contribution in [0.3, 0.4) is 0 Å². The Kier molecular flexibility index (Phi) is 4.35. The highest BCUT2D eigenvalue weighted by Crippen LogP contribution is 2.20. The van der Waals surface area contributed by atoms with Gasteiger partial charge in [0, 0.05) is 5.92 Å². The van der Waals surface area contributed by atoms with Gasteiger partial charge in [0.15, 0.2) is 0 Å². The normalized spacial score (nSPS) is 11.1. The van der Waals surface area contributed by atoms with E-state index in [-0.39, 0.29) is 17.6 Å². The average molecular weight is 342 g/mol. The summed E-state index contributed by atoms with van der Waals surface area (Å²) in [5.41, 5.74) is 2.56. The van der Waals surface area contributed by atoms with Crippen molar-refractivity contribution in [2.75, 3.05) is 5.32 Å². The van der Waals surface area contributed by atoms with E-state index >= 15 is 0 Å². The van der Waals surface area contributed by atoms with E-state index in [2.05, 4.69) is 25.6 Å². The molecule has 1 amide bonds. The largest absolute Gasteiger partial charge is 0.316 e. The molecule has 0 fully saturated rings. The maximum atomic E-state index is 13.5. The molecule has 1 aromatic carbocycles. The number of carbonyl (C=O) groups is 1. The van der Waals surface area contributed by atoms with Crippen molar-refractivity contribution in [1.29, 1.82) is 0 Å². The van der Waals surface area contributed by atoms with Crippen molar-refractivity contribution >= 4 is 11.6 Å². The third-order valence-electron chi connectivity index (χ3n) is 3.77. The summed E-state index contributed by atoms with van der Waals surface area (Å²) in [5, 5.41) is 13.9. The first-order chi connectivity index (χ1) is 11.9. The van der Waals surface area contributed by atoms with Crippen LogP contribution in [0.2, 0.25) is 0 Å². The molecule has 0 spiro atoms. The van der Waals surface area contributed by atoms with E-state index in [0.29, 0.717) is 22.9 Å². The SMILES string of the molecule is Cc1n[nH]c(C)c1NC(=O)c1nc(C(C)C)n(-c2cccc(F)c2)n1. The van der Waals surface area contributed by atoms with Crippen LogP contribution in [0, 0.1) is 19.7 Å². The molecule has 3 rings (SSSR count). The van der Waals surface area contributed by atoms with Crippen LogP contribution in [0.5, 0.6) is 0 Å². The lowest BCUT2D eigenvalue weighted by molar-refractivity contribution is 0.101. The van der Waals surface area contributed by atoms with Gasteiger partial charge in [-0.05, 0) is 32.0 Å². The summed E-state index contributed by atoms with van der Waals surface area (Å²) in [6, 6.07) is 6.02. The van der Waals surface area contributed by atoms with Crippen molar-refractivity contribution in [2.45, 2.75) is 33.6 Å². The van der Waals surface area contributed by atoms with Crippen LogP contribution in [-0.4, -0.2) is 30.9 Å². The van der Waals surface area contributed by atoms with E-state index in [9.17, 15) is 9.18 Å².